The predicted octanol–water partition coefficient (Wildman–Crippen LogP) is 0.822. The Balaban J connectivity index is 2.53. The monoisotopic (exact) mass is 239 g/mol. The van der Waals surface area contributed by atoms with E-state index in [0.29, 0.717) is 0 Å². The van der Waals surface area contributed by atoms with E-state index in [9.17, 15) is 9.59 Å². The van der Waals surface area contributed by atoms with Crippen molar-refractivity contribution in [2.24, 2.45) is 5.73 Å². The number of primary amides is 1. The second-order valence-electron chi connectivity index (χ2n) is 3.91. The van der Waals surface area contributed by atoms with Gasteiger partial charge in [0.05, 0.1) is 12.1 Å². The number of nitrogens with two attached hydrogens (primary N) is 1. The zero-order valence-corrected chi connectivity index (χ0v) is 10.1. The lowest BCUT2D eigenvalue weighted by atomic mass is 10.2. The van der Waals surface area contributed by atoms with Gasteiger partial charge in [-0.25, -0.2) is 4.79 Å². The molecule has 94 valence electrons. The van der Waals surface area contributed by atoms with Gasteiger partial charge in [-0.05, 0) is 32.9 Å². The van der Waals surface area contributed by atoms with E-state index < -0.39 is 18.0 Å². The van der Waals surface area contributed by atoms with E-state index in [4.69, 9.17) is 10.2 Å². The van der Waals surface area contributed by atoms with Crippen LogP contribution in [0.3, 0.4) is 0 Å². The molecule has 0 aliphatic rings. The zero-order chi connectivity index (χ0) is 13.0. The molecular weight excluding hydrogens is 222 g/mol. The predicted molar refractivity (Wildman–Crippen MR) is 62.2 cm³/mol. The molecule has 0 aromatic carbocycles. The standard InChI is InChI=1S/C11H17N3O3/c1-6-4-5-9(17-6)7(2)13-8(3)10(15)14-11(12)16/h4-5,7-8,13H,1-3H3,(H3,12,14,15,16). The molecule has 0 radical (unpaired) electrons. The Morgan fingerprint density at radius 2 is 2.00 bits per heavy atom. The van der Waals surface area contributed by atoms with Gasteiger partial charge in [-0.15, -0.1) is 0 Å². The molecule has 6 heteroatoms. The number of hydrogen-bond acceptors (Lipinski definition) is 4. The minimum Gasteiger partial charge on any atom is -0.465 e. The molecule has 1 aromatic heterocycles. The highest BCUT2D eigenvalue weighted by atomic mass is 16.3. The smallest absolute Gasteiger partial charge is 0.318 e. The first-order chi connectivity index (χ1) is 7.90. The Kier molecular flexibility index (Phi) is 4.28. The molecule has 4 N–H and O–H groups in total. The van der Waals surface area contributed by atoms with Gasteiger partial charge in [0, 0.05) is 0 Å². The lowest BCUT2D eigenvalue weighted by Crippen LogP contribution is -2.47. The van der Waals surface area contributed by atoms with Crippen molar-refractivity contribution in [1.82, 2.24) is 10.6 Å². The van der Waals surface area contributed by atoms with Crippen LogP contribution >= 0.6 is 0 Å². The van der Waals surface area contributed by atoms with Crippen molar-refractivity contribution in [3.8, 4) is 0 Å². The molecule has 1 heterocycles. The third kappa shape index (κ3) is 3.92. The first-order valence-electron chi connectivity index (χ1n) is 5.33. The van der Waals surface area contributed by atoms with Crippen LogP contribution in [-0.2, 0) is 4.79 Å². The van der Waals surface area contributed by atoms with E-state index in [2.05, 4.69) is 5.32 Å². The highest BCUT2D eigenvalue weighted by molar-refractivity contribution is 5.96. The molecule has 1 aromatic rings. The molecule has 0 fully saturated rings. The summed E-state index contributed by atoms with van der Waals surface area (Å²) in [6.07, 6.45) is 0. The van der Waals surface area contributed by atoms with E-state index in [1.165, 1.54) is 0 Å². The van der Waals surface area contributed by atoms with Gasteiger partial charge < -0.3 is 10.2 Å². The van der Waals surface area contributed by atoms with Crippen molar-refractivity contribution in [3.63, 3.8) is 0 Å². The Morgan fingerprint density at radius 3 is 2.47 bits per heavy atom. The minimum absolute atomic E-state index is 0.127. The molecule has 2 unspecified atom stereocenters. The average Bonchev–Trinajstić information content (AvgIpc) is 2.63. The van der Waals surface area contributed by atoms with Crippen molar-refractivity contribution in [1.29, 1.82) is 0 Å². The first kappa shape index (κ1) is 13.2. The zero-order valence-electron chi connectivity index (χ0n) is 10.1. The van der Waals surface area contributed by atoms with E-state index in [0.717, 1.165) is 11.5 Å². The second-order valence-corrected chi connectivity index (χ2v) is 3.91. The van der Waals surface area contributed by atoms with Gasteiger partial charge >= 0.3 is 6.03 Å². The van der Waals surface area contributed by atoms with Gasteiger partial charge in [-0.3, -0.25) is 15.4 Å². The van der Waals surface area contributed by atoms with Crippen LogP contribution in [0.1, 0.15) is 31.4 Å². The van der Waals surface area contributed by atoms with E-state index >= 15 is 0 Å². The van der Waals surface area contributed by atoms with Gasteiger partial charge in [0.2, 0.25) is 5.91 Å². The highest BCUT2D eigenvalue weighted by Crippen LogP contribution is 2.15. The number of nitrogens with one attached hydrogen (secondary N) is 2. The van der Waals surface area contributed by atoms with E-state index in [-0.39, 0.29) is 6.04 Å². The summed E-state index contributed by atoms with van der Waals surface area (Å²) in [6, 6.07) is 2.17. The molecule has 0 saturated carbocycles. The van der Waals surface area contributed by atoms with E-state index in [1.807, 2.05) is 31.3 Å². The largest absolute Gasteiger partial charge is 0.465 e. The first-order valence-corrected chi connectivity index (χ1v) is 5.33. The molecule has 0 bridgehead atoms. The summed E-state index contributed by atoms with van der Waals surface area (Å²) in [6.45, 7) is 5.36. The van der Waals surface area contributed by atoms with Crippen molar-refractivity contribution in [2.45, 2.75) is 32.9 Å². The Morgan fingerprint density at radius 1 is 1.35 bits per heavy atom. The van der Waals surface area contributed by atoms with Crippen LogP contribution in [0.2, 0.25) is 0 Å². The molecule has 3 amide bonds. The number of amides is 3. The Bertz CT molecular complexity index is 414. The highest BCUT2D eigenvalue weighted by Gasteiger charge is 2.18. The molecule has 0 aliphatic heterocycles. The van der Waals surface area contributed by atoms with Crippen molar-refractivity contribution < 1.29 is 14.0 Å². The summed E-state index contributed by atoms with van der Waals surface area (Å²) in [5, 5.41) is 5.01. The average molecular weight is 239 g/mol. The van der Waals surface area contributed by atoms with Crippen molar-refractivity contribution in [2.75, 3.05) is 0 Å². The quantitative estimate of drug-likeness (QED) is 0.724. The molecule has 2 atom stereocenters. The summed E-state index contributed by atoms with van der Waals surface area (Å²) < 4.78 is 5.42. The van der Waals surface area contributed by atoms with Crippen LogP contribution in [0, 0.1) is 6.92 Å². The lowest BCUT2D eigenvalue weighted by Gasteiger charge is -2.17. The SMILES string of the molecule is Cc1ccc(C(C)NC(C)C(=O)NC(N)=O)o1. The number of furan rings is 1. The van der Waals surface area contributed by atoms with Gasteiger partial charge in [-0.1, -0.05) is 0 Å². The number of urea groups is 1. The number of carbonyl (C=O) groups excluding carboxylic acids is 2. The summed E-state index contributed by atoms with van der Waals surface area (Å²) in [5.41, 5.74) is 4.86. The Labute approximate surface area is 99.5 Å². The molecule has 6 nitrogen and oxygen atoms in total. The third-order valence-electron chi connectivity index (χ3n) is 2.33. The summed E-state index contributed by atoms with van der Waals surface area (Å²) in [7, 11) is 0. The normalized spacial score (nSPS) is 14.1. The van der Waals surface area contributed by atoms with Gasteiger partial charge in [0.15, 0.2) is 0 Å². The number of hydrogen-bond donors (Lipinski definition) is 3. The molecule has 1 rings (SSSR count). The van der Waals surface area contributed by atoms with Gasteiger partial charge in [-0.2, -0.15) is 0 Å². The minimum atomic E-state index is -0.856. The Hall–Kier alpha value is -1.82. The maximum absolute atomic E-state index is 11.4. The molecule has 0 spiro atoms. The molecule has 0 aliphatic carbocycles. The number of imide groups is 1. The lowest BCUT2D eigenvalue weighted by molar-refractivity contribution is -0.121. The topological polar surface area (TPSA) is 97.4 Å². The van der Waals surface area contributed by atoms with Crippen LogP contribution < -0.4 is 16.4 Å². The fourth-order valence-electron chi connectivity index (χ4n) is 1.45. The van der Waals surface area contributed by atoms with Gasteiger partial charge in [0.25, 0.3) is 0 Å². The number of carbonyl (C=O) groups is 2. The van der Waals surface area contributed by atoms with Gasteiger partial charge in [0.1, 0.15) is 11.5 Å². The van der Waals surface area contributed by atoms with Crippen LogP contribution in [0.15, 0.2) is 16.5 Å². The van der Waals surface area contributed by atoms with Crippen LogP contribution in [0.25, 0.3) is 0 Å². The molecular formula is C11H17N3O3. The third-order valence-corrected chi connectivity index (χ3v) is 2.33. The van der Waals surface area contributed by atoms with Crippen molar-refractivity contribution in [3.05, 3.63) is 23.7 Å². The summed E-state index contributed by atoms with van der Waals surface area (Å²) in [5.74, 6) is 1.08. The molecule has 0 saturated heterocycles. The maximum Gasteiger partial charge on any atom is 0.318 e. The number of aryl methyl sites for hydroxylation is 1. The van der Waals surface area contributed by atoms with Crippen LogP contribution in [0.4, 0.5) is 4.79 Å². The maximum atomic E-state index is 11.4. The summed E-state index contributed by atoms with van der Waals surface area (Å²) in [4.78, 5) is 21.9. The van der Waals surface area contributed by atoms with Crippen molar-refractivity contribution >= 4 is 11.9 Å². The fraction of sp³-hybridized carbons (Fsp3) is 0.455. The van der Waals surface area contributed by atoms with Crippen LogP contribution in [0.5, 0.6) is 0 Å². The van der Waals surface area contributed by atoms with Crippen LogP contribution in [-0.4, -0.2) is 18.0 Å². The second kappa shape index (κ2) is 5.49. The fourth-order valence-corrected chi connectivity index (χ4v) is 1.45. The summed E-state index contributed by atoms with van der Waals surface area (Å²) >= 11 is 0. The molecule has 17 heavy (non-hydrogen) atoms. The van der Waals surface area contributed by atoms with E-state index in [1.54, 1.807) is 6.92 Å². The number of rotatable bonds is 4.